The highest BCUT2D eigenvalue weighted by Crippen LogP contribution is 2.43. The van der Waals surface area contributed by atoms with Crippen LogP contribution < -0.4 is 4.74 Å². The van der Waals surface area contributed by atoms with E-state index in [1.807, 2.05) is 17.8 Å². The van der Waals surface area contributed by atoms with Gasteiger partial charge in [-0.05, 0) is 36.4 Å². The van der Waals surface area contributed by atoms with Crippen LogP contribution in [0.25, 0.3) is 0 Å². The van der Waals surface area contributed by atoms with E-state index in [9.17, 15) is 0 Å². The average molecular weight is 440 g/mol. The quantitative estimate of drug-likeness (QED) is 0.556. The molecule has 1 aromatic heterocycles. The third-order valence-corrected chi connectivity index (χ3v) is 5.26. The normalized spacial score (nSPS) is 21.8. The Morgan fingerprint density at radius 3 is 2.57 bits per heavy atom. The molecule has 0 bridgehead atoms. The molecule has 0 radical (unpaired) electrons. The first-order valence-corrected chi connectivity index (χ1v) is 9.75. The maximum absolute atomic E-state index is 6.48. The predicted molar refractivity (Wildman–Crippen MR) is 108 cm³/mol. The summed E-state index contributed by atoms with van der Waals surface area (Å²) in [5, 5.41) is 1.62. The van der Waals surface area contributed by atoms with Gasteiger partial charge in [0.2, 0.25) is 0 Å². The first-order valence-electron chi connectivity index (χ1n) is 8.61. The fourth-order valence-electron chi connectivity index (χ4n) is 3.13. The van der Waals surface area contributed by atoms with Crippen molar-refractivity contribution < 1.29 is 14.2 Å². The molecule has 4 rings (SSSR count). The molecule has 1 aliphatic rings. The maximum Gasteiger partial charge on any atom is 0.258 e. The van der Waals surface area contributed by atoms with Crippen LogP contribution in [0.4, 0.5) is 0 Å². The van der Waals surface area contributed by atoms with E-state index < -0.39 is 5.79 Å². The number of hydrogen-bond donors (Lipinski definition) is 0. The van der Waals surface area contributed by atoms with Crippen molar-refractivity contribution in [1.82, 2.24) is 9.55 Å². The first kappa shape index (κ1) is 19.6. The number of aryl methyl sites for hydroxylation is 1. The van der Waals surface area contributed by atoms with Crippen LogP contribution in [-0.2, 0) is 22.3 Å². The molecule has 0 spiro atoms. The molecule has 1 fully saturated rings. The van der Waals surface area contributed by atoms with Crippen molar-refractivity contribution in [2.24, 2.45) is 7.05 Å². The predicted octanol–water partition coefficient (Wildman–Crippen LogP) is 5.08. The van der Waals surface area contributed by atoms with Crippen molar-refractivity contribution in [2.75, 3.05) is 13.2 Å². The van der Waals surface area contributed by atoms with E-state index in [2.05, 4.69) is 4.98 Å². The van der Waals surface area contributed by atoms with Gasteiger partial charge in [-0.1, -0.05) is 40.9 Å². The van der Waals surface area contributed by atoms with Gasteiger partial charge < -0.3 is 18.8 Å². The molecular weight excluding hydrogens is 423 g/mol. The monoisotopic (exact) mass is 438 g/mol. The van der Waals surface area contributed by atoms with Gasteiger partial charge in [-0.2, -0.15) is 0 Å². The minimum absolute atomic E-state index is 0.305. The van der Waals surface area contributed by atoms with Gasteiger partial charge in [-0.15, -0.1) is 0 Å². The number of nitrogens with zero attached hydrogens (tertiary/aromatic N) is 2. The second-order valence-electron chi connectivity index (χ2n) is 6.42. The molecule has 2 heterocycles. The van der Waals surface area contributed by atoms with E-state index >= 15 is 0 Å². The lowest BCUT2D eigenvalue weighted by atomic mass is 10.0. The van der Waals surface area contributed by atoms with Crippen LogP contribution in [0, 0.1) is 0 Å². The SMILES string of the molecule is Cn1ccnc1C1(c2ccc(Cl)cc2Cl)OCC(COc2ccc(Cl)cc2)O1. The molecule has 3 aromatic rings. The van der Waals surface area contributed by atoms with Crippen LogP contribution in [0.3, 0.4) is 0 Å². The van der Waals surface area contributed by atoms with Crippen molar-refractivity contribution in [3.05, 3.63) is 81.3 Å². The van der Waals surface area contributed by atoms with E-state index in [1.54, 1.807) is 48.7 Å². The van der Waals surface area contributed by atoms with Crippen LogP contribution in [0.2, 0.25) is 15.1 Å². The van der Waals surface area contributed by atoms with Crippen LogP contribution in [-0.4, -0.2) is 28.9 Å². The Hall–Kier alpha value is -1.76. The highest BCUT2D eigenvalue weighted by Gasteiger charge is 2.49. The minimum Gasteiger partial charge on any atom is -0.491 e. The van der Waals surface area contributed by atoms with Gasteiger partial charge >= 0.3 is 0 Å². The van der Waals surface area contributed by atoms with Gasteiger partial charge in [0.1, 0.15) is 18.5 Å². The second-order valence-corrected chi connectivity index (χ2v) is 7.70. The molecule has 2 atom stereocenters. The average Bonchev–Trinajstić information content (AvgIpc) is 3.28. The van der Waals surface area contributed by atoms with E-state index in [0.717, 1.165) is 0 Å². The molecule has 146 valence electrons. The molecule has 28 heavy (non-hydrogen) atoms. The highest BCUT2D eigenvalue weighted by molar-refractivity contribution is 6.35. The lowest BCUT2D eigenvalue weighted by molar-refractivity contribution is -0.153. The molecule has 0 amide bonds. The molecule has 2 aromatic carbocycles. The second kappa shape index (κ2) is 7.93. The lowest BCUT2D eigenvalue weighted by Crippen LogP contribution is -2.34. The van der Waals surface area contributed by atoms with Crippen molar-refractivity contribution in [3.63, 3.8) is 0 Å². The summed E-state index contributed by atoms with van der Waals surface area (Å²) < 4.78 is 20.2. The first-order chi connectivity index (χ1) is 13.5. The summed E-state index contributed by atoms with van der Waals surface area (Å²) in [6.45, 7) is 0.623. The van der Waals surface area contributed by atoms with Gasteiger partial charge in [0, 0.05) is 35.1 Å². The van der Waals surface area contributed by atoms with Crippen molar-refractivity contribution in [1.29, 1.82) is 0 Å². The number of ether oxygens (including phenoxy) is 3. The molecular formula is C20H17Cl3N2O3. The number of rotatable bonds is 5. The maximum atomic E-state index is 6.48. The molecule has 2 unspecified atom stereocenters. The smallest absolute Gasteiger partial charge is 0.258 e. The van der Waals surface area contributed by atoms with Crippen LogP contribution >= 0.6 is 34.8 Å². The third kappa shape index (κ3) is 3.73. The summed E-state index contributed by atoms with van der Waals surface area (Å²) in [6.07, 6.45) is 3.19. The summed E-state index contributed by atoms with van der Waals surface area (Å²) in [4.78, 5) is 4.44. The van der Waals surface area contributed by atoms with Gasteiger partial charge in [0.15, 0.2) is 5.82 Å². The molecule has 8 heteroatoms. The Morgan fingerprint density at radius 1 is 1.14 bits per heavy atom. The summed E-state index contributed by atoms with van der Waals surface area (Å²) >= 11 is 18.5. The Bertz CT molecular complexity index is 977. The van der Waals surface area contributed by atoms with E-state index in [1.165, 1.54) is 0 Å². The van der Waals surface area contributed by atoms with E-state index in [0.29, 0.717) is 45.4 Å². The standard InChI is InChI=1S/C20H17Cl3N2O3/c1-25-9-8-24-19(25)20(17-7-4-14(22)10-18(17)23)27-12-16(28-20)11-26-15-5-2-13(21)3-6-15/h2-10,16H,11-12H2,1H3. The minimum atomic E-state index is -1.24. The zero-order chi connectivity index (χ0) is 19.7. The molecule has 0 aliphatic carbocycles. The summed E-state index contributed by atoms with van der Waals surface area (Å²) in [5.74, 6) is 0.0474. The summed E-state index contributed by atoms with van der Waals surface area (Å²) in [6, 6.07) is 12.4. The van der Waals surface area contributed by atoms with Crippen molar-refractivity contribution in [2.45, 2.75) is 11.9 Å². The van der Waals surface area contributed by atoms with Crippen LogP contribution in [0.5, 0.6) is 5.75 Å². The molecule has 1 saturated heterocycles. The molecule has 0 saturated carbocycles. The fourth-order valence-corrected chi connectivity index (χ4v) is 3.79. The Kier molecular flexibility index (Phi) is 5.54. The Morgan fingerprint density at radius 2 is 1.89 bits per heavy atom. The number of aromatic nitrogens is 2. The number of halogens is 3. The summed E-state index contributed by atoms with van der Waals surface area (Å²) in [7, 11) is 1.87. The largest absolute Gasteiger partial charge is 0.491 e. The number of hydrogen-bond acceptors (Lipinski definition) is 4. The van der Waals surface area contributed by atoms with E-state index in [4.69, 9.17) is 49.0 Å². The van der Waals surface area contributed by atoms with Crippen molar-refractivity contribution >= 4 is 34.8 Å². The molecule has 1 aliphatic heterocycles. The van der Waals surface area contributed by atoms with Crippen molar-refractivity contribution in [3.8, 4) is 5.75 Å². The van der Waals surface area contributed by atoms with Crippen LogP contribution in [0.15, 0.2) is 54.9 Å². The number of benzene rings is 2. The molecule has 0 N–H and O–H groups in total. The van der Waals surface area contributed by atoms with Gasteiger partial charge in [-0.3, -0.25) is 0 Å². The Balaban J connectivity index is 1.61. The van der Waals surface area contributed by atoms with Gasteiger partial charge in [0.25, 0.3) is 5.79 Å². The zero-order valence-electron chi connectivity index (χ0n) is 14.9. The Labute approximate surface area is 177 Å². The lowest BCUT2D eigenvalue weighted by Gasteiger charge is -2.28. The van der Waals surface area contributed by atoms with Gasteiger partial charge in [-0.25, -0.2) is 4.98 Å². The number of imidazole rings is 1. The highest BCUT2D eigenvalue weighted by atomic mass is 35.5. The third-order valence-electron chi connectivity index (χ3n) is 4.46. The van der Waals surface area contributed by atoms with Gasteiger partial charge in [0.05, 0.1) is 11.6 Å². The topological polar surface area (TPSA) is 45.5 Å². The fraction of sp³-hybridized carbons (Fsp3) is 0.250. The summed E-state index contributed by atoms with van der Waals surface area (Å²) in [5.41, 5.74) is 0.641. The molecule has 5 nitrogen and oxygen atoms in total. The van der Waals surface area contributed by atoms with Crippen LogP contribution in [0.1, 0.15) is 11.4 Å². The van der Waals surface area contributed by atoms with E-state index in [-0.39, 0.29) is 6.10 Å². The zero-order valence-corrected chi connectivity index (χ0v) is 17.2.